The number of hydrogen-bond donors (Lipinski definition) is 1. The average molecular weight is 383 g/mol. The molecule has 26 heavy (non-hydrogen) atoms. The van der Waals surface area contributed by atoms with Gasteiger partial charge in [0.15, 0.2) is 0 Å². The highest BCUT2D eigenvalue weighted by Gasteiger charge is 2.34. The van der Waals surface area contributed by atoms with Crippen LogP contribution >= 0.6 is 11.9 Å². The van der Waals surface area contributed by atoms with E-state index >= 15 is 0 Å². The summed E-state index contributed by atoms with van der Waals surface area (Å²) in [6.07, 6.45) is 17.1. The minimum atomic E-state index is 0.185. The van der Waals surface area contributed by atoms with Gasteiger partial charge in [0.05, 0.1) is 18.8 Å². The number of nitrogens with one attached hydrogen (secondary N) is 1. The second-order valence-electron chi connectivity index (χ2n) is 8.62. The molecule has 1 N–H and O–H groups in total. The van der Waals surface area contributed by atoms with Gasteiger partial charge in [0, 0.05) is 19.5 Å². The van der Waals surface area contributed by atoms with Crippen LogP contribution in [0, 0.1) is 11.8 Å². The van der Waals surface area contributed by atoms with Gasteiger partial charge in [-0.1, -0.05) is 44.1 Å². The zero-order valence-corrected chi connectivity index (χ0v) is 17.6. The van der Waals surface area contributed by atoms with E-state index in [9.17, 15) is 4.79 Å². The van der Waals surface area contributed by atoms with Crippen LogP contribution in [-0.2, 0) is 9.53 Å². The van der Waals surface area contributed by atoms with Crippen LogP contribution < -0.4 is 4.72 Å². The Balaban J connectivity index is 1.46. The summed E-state index contributed by atoms with van der Waals surface area (Å²) in [6, 6.07) is 0.533. The summed E-state index contributed by atoms with van der Waals surface area (Å²) in [5.41, 5.74) is 0. The molecule has 0 radical (unpaired) electrons. The van der Waals surface area contributed by atoms with Crippen molar-refractivity contribution in [3.05, 3.63) is 0 Å². The highest BCUT2D eigenvalue weighted by atomic mass is 32.2. The van der Waals surface area contributed by atoms with Gasteiger partial charge in [0.25, 0.3) is 0 Å². The molecule has 2 aliphatic carbocycles. The molecule has 0 aromatic carbocycles. The second kappa shape index (κ2) is 10.3. The van der Waals surface area contributed by atoms with Crippen molar-refractivity contribution >= 4 is 17.9 Å². The number of amides is 1. The molecule has 1 heterocycles. The van der Waals surface area contributed by atoms with Gasteiger partial charge < -0.3 is 9.64 Å². The van der Waals surface area contributed by atoms with Crippen molar-refractivity contribution in [3.8, 4) is 0 Å². The Morgan fingerprint density at radius 1 is 1.00 bits per heavy atom. The predicted octanol–water partition coefficient (Wildman–Crippen LogP) is 4.39. The molecule has 1 amide bonds. The molecule has 2 atom stereocenters. The van der Waals surface area contributed by atoms with Crippen LogP contribution in [0.15, 0.2) is 0 Å². The van der Waals surface area contributed by atoms with Crippen LogP contribution in [0.5, 0.6) is 0 Å². The maximum absolute atomic E-state index is 12.1. The number of ether oxygens (including phenoxy) is 1. The topological polar surface area (TPSA) is 41.6 Å². The number of nitrogens with zero attached hydrogens (tertiary/aromatic N) is 1. The van der Waals surface area contributed by atoms with Crippen molar-refractivity contribution in [2.75, 3.05) is 19.4 Å². The lowest BCUT2D eigenvalue weighted by Crippen LogP contribution is -2.56. The third-order valence-corrected chi connectivity index (χ3v) is 7.53. The fourth-order valence-corrected chi connectivity index (χ4v) is 6.09. The van der Waals surface area contributed by atoms with E-state index in [-0.39, 0.29) is 11.9 Å². The van der Waals surface area contributed by atoms with E-state index in [1.165, 1.54) is 57.8 Å². The van der Waals surface area contributed by atoms with Crippen LogP contribution in [0.3, 0.4) is 0 Å². The molecule has 2 saturated carbocycles. The summed E-state index contributed by atoms with van der Waals surface area (Å²) in [6.45, 7) is 3.27. The van der Waals surface area contributed by atoms with Crippen LogP contribution in [0.25, 0.3) is 0 Å². The van der Waals surface area contributed by atoms with E-state index in [1.807, 2.05) is 4.90 Å². The molecule has 0 unspecified atom stereocenters. The zero-order valence-electron chi connectivity index (χ0n) is 16.8. The molecule has 3 fully saturated rings. The predicted molar refractivity (Wildman–Crippen MR) is 109 cm³/mol. The van der Waals surface area contributed by atoms with Crippen molar-refractivity contribution in [1.82, 2.24) is 9.62 Å². The molecule has 1 aliphatic heterocycles. The third kappa shape index (κ3) is 5.39. The number of carbonyl (C=O) groups excluding carboxylic acids is 1. The van der Waals surface area contributed by atoms with E-state index in [0.29, 0.717) is 18.8 Å². The minimum Gasteiger partial charge on any atom is -0.376 e. The number of carbonyl (C=O) groups is 1. The minimum absolute atomic E-state index is 0.185. The van der Waals surface area contributed by atoms with E-state index in [4.69, 9.17) is 4.74 Å². The Morgan fingerprint density at radius 2 is 1.69 bits per heavy atom. The summed E-state index contributed by atoms with van der Waals surface area (Å²) in [4.78, 5) is 14.1. The lowest BCUT2D eigenvalue weighted by Gasteiger charge is -2.42. The Kier molecular flexibility index (Phi) is 8.13. The highest BCUT2D eigenvalue weighted by molar-refractivity contribution is 7.96. The number of piperidine rings is 1. The van der Waals surface area contributed by atoms with Crippen LogP contribution in [0.1, 0.15) is 77.6 Å². The Morgan fingerprint density at radius 3 is 2.35 bits per heavy atom. The molecule has 1 saturated heterocycles. The quantitative estimate of drug-likeness (QED) is 0.692. The molecule has 4 nitrogen and oxygen atoms in total. The maximum atomic E-state index is 12.1. The standard InChI is InChI=1S/C21H38N2O2S/c1-16(24)23-14-6-9-20(22-26-2)21(23)15-25-19-12-10-18(11-13-19)17-7-4-3-5-8-17/h17-22H,3-15H2,1-2H3/t18-,19+,20-,21-/m0/s1. The summed E-state index contributed by atoms with van der Waals surface area (Å²) in [7, 11) is 0. The van der Waals surface area contributed by atoms with Crippen molar-refractivity contribution < 1.29 is 9.53 Å². The van der Waals surface area contributed by atoms with E-state index in [1.54, 1.807) is 18.9 Å². The van der Waals surface area contributed by atoms with Gasteiger partial charge in [-0.3, -0.25) is 9.52 Å². The fraction of sp³-hybridized carbons (Fsp3) is 0.952. The first kappa shape index (κ1) is 20.5. The molecule has 3 aliphatic rings. The summed E-state index contributed by atoms with van der Waals surface area (Å²) in [5, 5.41) is 0. The number of likely N-dealkylation sites (tertiary alicyclic amines) is 1. The van der Waals surface area contributed by atoms with E-state index in [2.05, 4.69) is 11.0 Å². The number of hydrogen-bond acceptors (Lipinski definition) is 4. The Labute approximate surface area is 164 Å². The van der Waals surface area contributed by atoms with Crippen LogP contribution in [0.2, 0.25) is 0 Å². The van der Waals surface area contributed by atoms with Crippen LogP contribution in [-0.4, -0.2) is 48.4 Å². The van der Waals surface area contributed by atoms with Gasteiger partial charge in [0.2, 0.25) is 5.91 Å². The largest absolute Gasteiger partial charge is 0.376 e. The van der Waals surface area contributed by atoms with Crippen molar-refractivity contribution in [2.45, 2.75) is 95.7 Å². The highest BCUT2D eigenvalue weighted by Crippen LogP contribution is 2.39. The SMILES string of the molecule is CSN[C@H]1CCCN(C(C)=O)[C@H]1CO[C@H]1CC[C@@H](C2CCCCC2)CC1. The lowest BCUT2D eigenvalue weighted by molar-refractivity contribution is -0.136. The molecule has 5 heteroatoms. The van der Waals surface area contributed by atoms with Crippen molar-refractivity contribution in [1.29, 1.82) is 0 Å². The van der Waals surface area contributed by atoms with Gasteiger partial charge in [-0.15, -0.1) is 0 Å². The number of rotatable bonds is 6. The Hall–Kier alpha value is -0.260. The molecule has 0 aromatic heterocycles. The zero-order chi connectivity index (χ0) is 18.4. The summed E-state index contributed by atoms with van der Waals surface area (Å²) < 4.78 is 9.87. The van der Waals surface area contributed by atoms with Gasteiger partial charge >= 0.3 is 0 Å². The molecular weight excluding hydrogens is 344 g/mol. The summed E-state index contributed by atoms with van der Waals surface area (Å²) in [5.74, 6) is 2.13. The maximum Gasteiger partial charge on any atom is 0.219 e. The van der Waals surface area contributed by atoms with E-state index in [0.717, 1.165) is 31.2 Å². The smallest absolute Gasteiger partial charge is 0.219 e. The monoisotopic (exact) mass is 382 g/mol. The van der Waals surface area contributed by atoms with Gasteiger partial charge in [0.1, 0.15) is 0 Å². The van der Waals surface area contributed by atoms with Crippen molar-refractivity contribution in [2.24, 2.45) is 11.8 Å². The molecule has 0 bridgehead atoms. The summed E-state index contributed by atoms with van der Waals surface area (Å²) >= 11 is 1.66. The Bertz CT molecular complexity index is 432. The average Bonchev–Trinajstić information content (AvgIpc) is 2.68. The van der Waals surface area contributed by atoms with Crippen molar-refractivity contribution in [3.63, 3.8) is 0 Å². The molecule has 150 valence electrons. The van der Waals surface area contributed by atoms with Crippen LogP contribution in [0.4, 0.5) is 0 Å². The first-order valence-electron chi connectivity index (χ1n) is 10.9. The normalized spacial score (nSPS) is 34.0. The van der Waals surface area contributed by atoms with Gasteiger partial charge in [-0.05, 0) is 56.6 Å². The lowest BCUT2D eigenvalue weighted by atomic mass is 9.73. The first-order valence-corrected chi connectivity index (χ1v) is 12.1. The third-order valence-electron chi connectivity index (χ3n) is 6.99. The molecule has 0 aromatic rings. The molecule has 3 rings (SSSR count). The fourth-order valence-electron chi connectivity index (χ4n) is 5.51. The second-order valence-corrected chi connectivity index (χ2v) is 9.26. The first-order chi connectivity index (χ1) is 12.7. The van der Waals surface area contributed by atoms with E-state index < -0.39 is 0 Å². The molecule has 0 spiro atoms. The molecular formula is C21H38N2O2S. The van der Waals surface area contributed by atoms with Gasteiger partial charge in [-0.25, -0.2) is 0 Å². The van der Waals surface area contributed by atoms with Gasteiger partial charge in [-0.2, -0.15) is 0 Å².